The van der Waals surface area contributed by atoms with Gasteiger partial charge in [-0.05, 0) is 56.3 Å². The van der Waals surface area contributed by atoms with Gasteiger partial charge in [0.05, 0.1) is 5.92 Å². The molecule has 0 N–H and O–H groups in total. The first-order valence-electron chi connectivity index (χ1n) is 7.03. The Bertz CT molecular complexity index is 230. The minimum atomic E-state index is -3.95. The zero-order chi connectivity index (χ0) is 12.5. The molecule has 0 saturated heterocycles. The Hall–Kier alpha value is -0.210. The van der Waals surface area contributed by atoms with Crippen molar-refractivity contribution in [2.45, 2.75) is 64.5 Å². The van der Waals surface area contributed by atoms with Crippen molar-refractivity contribution < 1.29 is 13.2 Å². The third kappa shape index (κ3) is 3.38. The Kier molecular flexibility index (Phi) is 4.04. The fraction of sp³-hybridized carbons (Fsp3) is 1.00. The molecule has 0 spiro atoms. The Morgan fingerprint density at radius 2 is 1.12 bits per heavy atom. The van der Waals surface area contributed by atoms with Crippen LogP contribution >= 0.6 is 0 Å². The van der Waals surface area contributed by atoms with Gasteiger partial charge in [0, 0.05) is 0 Å². The molecule has 2 saturated carbocycles. The van der Waals surface area contributed by atoms with Crippen molar-refractivity contribution >= 4 is 0 Å². The van der Waals surface area contributed by atoms with E-state index in [1.807, 2.05) is 0 Å². The van der Waals surface area contributed by atoms with E-state index in [1.54, 1.807) is 0 Å². The van der Waals surface area contributed by atoms with Gasteiger partial charge in [-0.1, -0.05) is 19.8 Å². The lowest BCUT2D eigenvalue weighted by molar-refractivity contribution is -0.185. The standard InChI is InChI=1S/C14H23F3/c1-10-2-4-11(5-3-10)12-6-8-13(9-7-12)14(15,16)17/h10-13H,2-9H2,1H3/t10-,11-,12?,13?. The Labute approximate surface area is 102 Å². The molecular formula is C14H23F3. The van der Waals surface area contributed by atoms with E-state index in [1.165, 1.54) is 25.7 Å². The van der Waals surface area contributed by atoms with Gasteiger partial charge in [0.15, 0.2) is 0 Å². The lowest BCUT2D eigenvalue weighted by Gasteiger charge is -2.37. The predicted octanol–water partition coefficient (Wildman–Crippen LogP) is 5.18. The van der Waals surface area contributed by atoms with E-state index in [0.29, 0.717) is 18.8 Å². The molecule has 2 fully saturated rings. The van der Waals surface area contributed by atoms with Crippen LogP contribution in [0.5, 0.6) is 0 Å². The van der Waals surface area contributed by atoms with Crippen molar-refractivity contribution in [3.05, 3.63) is 0 Å². The van der Waals surface area contributed by atoms with Crippen LogP contribution in [0.15, 0.2) is 0 Å². The minimum absolute atomic E-state index is 0.375. The topological polar surface area (TPSA) is 0 Å². The van der Waals surface area contributed by atoms with Gasteiger partial charge in [-0.2, -0.15) is 13.2 Å². The van der Waals surface area contributed by atoms with E-state index in [-0.39, 0.29) is 0 Å². The molecule has 0 amide bonds. The first-order valence-corrected chi connectivity index (χ1v) is 7.03. The average molecular weight is 248 g/mol. The van der Waals surface area contributed by atoms with E-state index < -0.39 is 12.1 Å². The molecule has 2 aliphatic rings. The maximum absolute atomic E-state index is 12.6. The molecule has 3 heteroatoms. The first-order chi connectivity index (χ1) is 7.97. The molecule has 0 aliphatic heterocycles. The van der Waals surface area contributed by atoms with Crippen molar-refractivity contribution in [3.63, 3.8) is 0 Å². The maximum atomic E-state index is 12.6. The summed E-state index contributed by atoms with van der Waals surface area (Å²) in [6, 6.07) is 0. The number of alkyl halides is 3. The highest BCUT2D eigenvalue weighted by molar-refractivity contribution is 4.83. The molecule has 2 aliphatic carbocycles. The predicted molar refractivity (Wildman–Crippen MR) is 62.6 cm³/mol. The van der Waals surface area contributed by atoms with Crippen LogP contribution < -0.4 is 0 Å². The summed E-state index contributed by atoms with van der Waals surface area (Å²) in [4.78, 5) is 0. The van der Waals surface area contributed by atoms with Crippen LogP contribution in [0.3, 0.4) is 0 Å². The van der Waals surface area contributed by atoms with E-state index in [9.17, 15) is 13.2 Å². The fourth-order valence-electron chi connectivity index (χ4n) is 3.68. The van der Waals surface area contributed by atoms with Crippen LogP contribution in [-0.2, 0) is 0 Å². The zero-order valence-electron chi connectivity index (χ0n) is 10.6. The quantitative estimate of drug-likeness (QED) is 0.599. The number of halogens is 3. The summed E-state index contributed by atoms with van der Waals surface area (Å²) in [7, 11) is 0. The summed E-state index contributed by atoms with van der Waals surface area (Å²) in [6.07, 6.45) is 3.48. The van der Waals surface area contributed by atoms with Crippen LogP contribution in [0.4, 0.5) is 13.2 Å². The molecule has 0 atom stereocenters. The summed E-state index contributed by atoms with van der Waals surface area (Å²) in [5, 5.41) is 0. The van der Waals surface area contributed by atoms with Gasteiger partial charge in [0.2, 0.25) is 0 Å². The van der Waals surface area contributed by atoms with Gasteiger partial charge in [-0.25, -0.2) is 0 Å². The smallest absolute Gasteiger partial charge is 0.171 e. The SMILES string of the molecule is C[C@H]1CC[C@H](C2CCC(C(F)(F)F)CC2)CC1. The molecule has 0 aromatic heterocycles. The number of hydrogen-bond donors (Lipinski definition) is 0. The molecule has 2 rings (SSSR count). The number of rotatable bonds is 1. The van der Waals surface area contributed by atoms with Crippen molar-refractivity contribution in [2.24, 2.45) is 23.7 Å². The second-order valence-electron chi connectivity index (χ2n) is 6.17. The summed E-state index contributed by atoms with van der Waals surface area (Å²) in [6.45, 7) is 2.29. The van der Waals surface area contributed by atoms with Gasteiger partial charge in [0.1, 0.15) is 0 Å². The normalized spacial score (nSPS) is 40.2. The highest BCUT2D eigenvalue weighted by Gasteiger charge is 2.42. The summed E-state index contributed by atoms with van der Waals surface area (Å²) in [5.74, 6) is 1.13. The second kappa shape index (κ2) is 5.19. The molecule has 0 aromatic rings. The molecule has 17 heavy (non-hydrogen) atoms. The van der Waals surface area contributed by atoms with E-state index in [4.69, 9.17) is 0 Å². The van der Waals surface area contributed by atoms with Crippen LogP contribution in [0.1, 0.15) is 58.3 Å². The molecular weight excluding hydrogens is 225 g/mol. The maximum Gasteiger partial charge on any atom is 0.391 e. The third-order valence-electron chi connectivity index (χ3n) is 4.96. The van der Waals surface area contributed by atoms with E-state index >= 15 is 0 Å². The van der Waals surface area contributed by atoms with Crippen LogP contribution in [0.25, 0.3) is 0 Å². The van der Waals surface area contributed by atoms with Crippen LogP contribution in [0.2, 0.25) is 0 Å². The molecule has 0 unspecified atom stereocenters. The summed E-state index contributed by atoms with van der Waals surface area (Å²) < 4.78 is 37.7. The Balaban J connectivity index is 1.79. The zero-order valence-corrected chi connectivity index (χ0v) is 10.6. The van der Waals surface area contributed by atoms with Gasteiger partial charge in [-0.3, -0.25) is 0 Å². The van der Waals surface area contributed by atoms with Crippen LogP contribution in [-0.4, -0.2) is 6.18 Å². The van der Waals surface area contributed by atoms with Crippen molar-refractivity contribution in [2.75, 3.05) is 0 Å². The van der Waals surface area contributed by atoms with Crippen LogP contribution in [0, 0.1) is 23.7 Å². The summed E-state index contributed by atoms with van der Waals surface area (Å²) in [5.41, 5.74) is 0. The largest absolute Gasteiger partial charge is 0.391 e. The molecule has 100 valence electrons. The van der Waals surface area contributed by atoms with E-state index in [0.717, 1.165) is 24.7 Å². The second-order valence-corrected chi connectivity index (χ2v) is 6.17. The van der Waals surface area contributed by atoms with Crippen molar-refractivity contribution in [1.82, 2.24) is 0 Å². The van der Waals surface area contributed by atoms with Crippen molar-refractivity contribution in [3.8, 4) is 0 Å². The monoisotopic (exact) mass is 248 g/mol. The highest BCUT2D eigenvalue weighted by Crippen LogP contribution is 2.45. The van der Waals surface area contributed by atoms with Gasteiger partial charge in [-0.15, -0.1) is 0 Å². The van der Waals surface area contributed by atoms with Gasteiger partial charge in [0.25, 0.3) is 0 Å². The average Bonchev–Trinajstić information content (AvgIpc) is 2.29. The highest BCUT2D eigenvalue weighted by atomic mass is 19.4. The van der Waals surface area contributed by atoms with Gasteiger partial charge >= 0.3 is 6.18 Å². The molecule has 0 aromatic carbocycles. The Morgan fingerprint density at radius 1 is 0.706 bits per heavy atom. The molecule has 0 radical (unpaired) electrons. The molecule has 0 heterocycles. The molecule has 0 nitrogen and oxygen atoms in total. The number of hydrogen-bond acceptors (Lipinski definition) is 0. The van der Waals surface area contributed by atoms with Crippen molar-refractivity contribution in [1.29, 1.82) is 0 Å². The fourth-order valence-corrected chi connectivity index (χ4v) is 3.68. The Morgan fingerprint density at radius 3 is 1.53 bits per heavy atom. The lowest BCUT2D eigenvalue weighted by Crippen LogP contribution is -2.31. The lowest BCUT2D eigenvalue weighted by atomic mass is 9.69. The molecule has 0 bridgehead atoms. The van der Waals surface area contributed by atoms with Gasteiger partial charge < -0.3 is 0 Å². The first kappa shape index (κ1) is 13.2. The summed E-state index contributed by atoms with van der Waals surface area (Å²) >= 11 is 0. The third-order valence-corrected chi connectivity index (χ3v) is 4.96. The minimum Gasteiger partial charge on any atom is -0.171 e. The van der Waals surface area contributed by atoms with E-state index in [2.05, 4.69) is 6.92 Å².